The van der Waals surface area contributed by atoms with Crippen LogP contribution >= 0.6 is 0 Å². The number of ether oxygens (including phenoxy) is 1. The molecule has 2 amide bonds. The van der Waals surface area contributed by atoms with Crippen molar-refractivity contribution in [1.82, 2.24) is 21.3 Å². The first-order valence-electron chi connectivity index (χ1n) is 11.2. The molecule has 2 aromatic rings. The normalized spacial score (nSPS) is 13.5. The third kappa shape index (κ3) is 8.22. The average molecular weight is 484 g/mol. The Bertz CT molecular complexity index is 1060. The largest absolute Gasteiger partial charge is 0.507 e. The summed E-state index contributed by atoms with van der Waals surface area (Å²) in [5.41, 5.74) is 0.691. The molecule has 0 spiro atoms. The fraction of sp³-hybridized carbons (Fsp3) is 0.333. The Morgan fingerprint density at radius 3 is 2.63 bits per heavy atom. The lowest BCUT2D eigenvalue weighted by Gasteiger charge is -2.17. The number of carboxylic acids is 1. The van der Waals surface area contributed by atoms with Crippen molar-refractivity contribution in [3.63, 3.8) is 0 Å². The molecule has 0 unspecified atom stereocenters. The molecule has 1 aliphatic rings. The lowest BCUT2D eigenvalue weighted by Crippen LogP contribution is -2.48. The van der Waals surface area contributed by atoms with Crippen molar-refractivity contribution in [2.45, 2.75) is 18.9 Å². The number of guanidine groups is 1. The molecule has 0 saturated heterocycles. The fourth-order valence-corrected chi connectivity index (χ4v) is 3.30. The molecule has 0 aromatic heterocycles. The maximum atomic E-state index is 12.5. The van der Waals surface area contributed by atoms with Crippen LogP contribution in [0.25, 0.3) is 0 Å². The Hall–Kier alpha value is -4.28. The van der Waals surface area contributed by atoms with Gasteiger partial charge in [0.25, 0.3) is 5.91 Å². The number of carbonyl (C=O) groups excluding carboxylic acids is 2. The van der Waals surface area contributed by atoms with Crippen molar-refractivity contribution in [3.8, 4) is 11.5 Å². The third-order valence-electron chi connectivity index (χ3n) is 5.08. The van der Waals surface area contributed by atoms with Crippen LogP contribution < -0.4 is 26.0 Å². The second-order valence-electron chi connectivity index (χ2n) is 7.80. The van der Waals surface area contributed by atoms with E-state index < -0.39 is 23.8 Å². The summed E-state index contributed by atoms with van der Waals surface area (Å²) >= 11 is 0. The maximum Gasteiger partial charge on any atom is 0.328 e. The highest BCUT2D eigenvalue weighted by Gasteiger charge is 2.22. The first kappa shape index (κ1) is 25.3. The van der Waals surface area contributed by atoms with Crippen LogP contribution in [0.15, 0.2) is 53.5 Å². The standard InChI is InChI=1S/C24H29N5O6/c30-20-14-17(35-12-11-27-24-25-9-4-10-26-24)7-8-18(20)22(32)28-15-19(23(33)34)29-21(31)13-16-5-2-1-3-6-16/h1-3,5-8,14,19,30H,4,9-13,15H2,(H,28,32)(H,29,31)(H,33,34)(H2,25,26,27)/t19-/m0/s1. The number of aliphatic imine (C=N–C) groups is 1. The van der Waals surface area contributed by atoms with E-state index in [9.17, 15) is 24.6 Å². The van der Waals surface area contributed by atoms with Crippen LogP contribution in [0.2, 0.25) is 0 Å². The number of nitrogens with zero attached hydrogens (tertiary/aromatic N) is 1. The predicted molar refractivity (Wildman–Crippen MR) is 129 cm³/mol. The van der Waals surface area contributed by atoms with Crippen molar-refractivity contribution in [3.05, 3.63) is 59.7 Å². The smallest absolute Gasteiger partial charge is 0.328 e. The van der Waals surface area contributed by atoms with Gasteiger partial charge in [0.1, 0.15) is 24.1 Å². The second-order valence-corrected chi connectivity index (χ2v) is 7.80. The third-order valence-corrected chi connectivity index (χ3v) is 5.08. The molecule has 0 radical (unpaired) electrons. The van der Waals surface area contributed by atoms with E-state index in [-0.39, 0.29) is 24.3 Å². The van der Waals surface area contributed by atoms with Crippen LogP contribution in [0.3, 0.4) is 0 Å². The molecular weight excluding hydrogens is 454 g/mol. The van der Waals surface area contributed by atoms with E-state index in [0.29, 0.717) is 18.9 Å². The highest BCUT2D eigenvalue weighted by Crippen LogP contribution is 2.23. The number of rotatable bonds is 11. The molecule has 0 aliphatic carbocycles. The number of aromatic hydroxyl groups is 1. The van der Waals surface area contributed by atoms with Crippen molar-refractivity contribution in [2.24, 2.45) is 4.99 Å². The summed E-state index contributed by atoms with van der Waals surface area (Å²) in [4.78, 5) is 40.5. The Morgan fingerprint density at radius 1 is 1.14 bits per heavy atom. The van der Waals surface area contributed by atoms with Crippen LogP contribution in [0.4, 0.5) is 0 Å². The lowest BCUT2D eigenvalue weighted by atomic mass is 10.1. The molecule has 186 valence electrons. The molecule has 0 fully saturated rings. The molecule has 0 saturated carbocycles. The molecule has 1 atom stereocenters. The number of amides is 2. The SMILES string of the molecule is O=C(Cc1ccccc1)N[C@@H](CNC(=O)c1ccc(OCCNC2=NCCCN2)cc1O)C(=O)O. The van der Waals surface area contributed by atoms with Gasteiger partial charge in [-0.2, -0.15) is 0 Å². The Morgan fingerprint density at radius 2 is 1.94 bits per heavy atom. The van der Waals surface area contributed by atoms with E-state index >= 15 is 0 Å². The van der Waals surface area contributed by atoms with Gasteiger partial charge < -0.3 is 36.2 Å². The van der Waals surface area contributed by atoms with Crippen molar-refractivity contribution < 1.29 is 29.3 Å². The van der Waals surface area contributed by atoms with Gasteiger partial charge in [-0.3, -0.25) is 14.6 Å². The van der Waals surface area contributed by atoms with Crippen LogP contribution in [0.5, 0.6) is 11.5 Å². The summed E-state index contributed by atoms with van der Waals surface area (Å²) in [7, 11) is 0. The number of aliphatic carboxylic acids is 1. The maximum absolute atomic E-state index is 12.5. The van der Waals surface area contributed by atoms with Gasteiger partial charge in [-0.25, -0.2) is 4.79 Å². The van der Waals surface area contributed by atoms with E-state index in [1.807, 2.05) is 6.07 Å². The highest BCUT2D eigenvalue weighted by atomic mass is 16.5. The van der Waals surface area contributed by atoms with Crippen LogP contribution in [0, 0.1) is 0 Å². The molecule has 1 heterocycles. The molecule has 2 aromatic carbocycles. The monoisotopic (exact) mass is 483 g/mol. The lowest BCUT2D eigenvalue weighted by molar-refractivity contribution is -0.141. The summed E-state index contributed by atoms with van der Waals surface area (Å²) in [6.07, 6.45) is 1.02. The minimum absolute atomic E-state index is 0.0148. The zero-order chi connectivity index (χ0) is 25.0. The topological polar surface area (TPSA) is 161 Å². The van der Waals surface area contributed by atoms with Gasteiger partial charge in [0.15, 0.2) is 5.96 Å². The van der Waals surface area contributed by atoms with Gasteiger partial charge in [0.2, 0.25) is 5.91 Å². The average Bonchev–Trinajstić information content (AvgIpc) is 2.85. The molecule has 6 N–H and O–H groups in total. The molecular formula is C24H29N5O6. The summed E-state index contributed by atoms with van der Waals surface area (Å²) in [5, 5.41) is 30.7. The summed E-state index contributed by atoms with van der Waals surface area (Å²) in [5.74, 6) is -1.67. The van der Waals surface area contributed by atoms with E-state index in [1.165, 1.54) is 18.2 Å². The predicted octanol–water partition coefficient (Wildman–Crippen LogP) is 0.252. The Labute approximate surface area is 202 Å². The fourth-order valence-electron chi connectivity index (χ4n) is 3.30. The van der Waals surface area contributed by atoms with Gasteiger partial charge in [-0.05, 0) is 24.1 Å². The van der Waals surface area contributed by atoms with Crippen molar-refractivity contribution in [2.75, 3.05) is 32.8 Å². The van der Waals surface area contributed by atoms with Gasteiger partial charge in [0, 0.05) is 25.7 Å². The quantitative estimate of drug-likeness (QED) is 0.248. The minimum Gasteiger partial charge on any atom is -0.507 e. The second kappa shape index (κ2) is 12.8. The van der Waals surface area contributed by atoms with Crippen molar-refractivity contribution >= 4 is 23.7 Å². The van der Waals surface area contributed by atoms with Crippen LogP contribution in [-0.4, -0.2) is 72.8 Å². The summed E-state index contributed by atoms with van der Waals surface area (Å²) in [6, 6.07) is 11.8. The zero-order valence-electron chi connectivity index (χ0n) is 19.1. The first-order chi connectivity index (χ1) is 16.9. The van der Waals surface area contributed by atoms with E-state index in [4.69, 9.17) is 4.74 Å². The first-order valence-corrected chi connectivity index (χ1v) is 11.2. The molecule has 11 heteroatoms. The minimum atomic E-state index is -1.32. The number of carbonyl (C=O) groups is 3. The number of hydrogen-bond donors (Lipinski definition) is 6. The number of benzene rings is 2. The van der Waals surface area contributed by atoms with E-state index in [0.717, 1.165) is 31.0 Å². The number of carboxylic acid groups (broad SMARTS) is 1. The molecule has 0 bridgehead atoms. The molecule has 1 aliphatic heterocycles. The number of nitrogens with one attached hydrogen (secondary N) is 4. The van der Waals surface area contributed by atoms with E-state index in [2.05, 4.69) is 26.3 Å². The zero-order valence-corrected chi connectivity index (χ0v) is 19.1. The number of hydrogen-bond acceptors (Lipinski definition) is 8. The van der Waals surface area contributed by atoms with Crippen molar-refractivity contribution in [1.29, 1.82) is 0 Å². The summed E-state index contributed by atoms with van der Waals surface area (Å²) in [6.45, 7) is 2.12. The van der Waals surface area contributed by atoms with Crippen LogP contribution in [0.1, 0.15) is 22.3 Å². The Balaban J connectivity index is 1.46. The van der Waals surface area contributed by atoms with Gasteiger partial charge in [-0.1, -0.05) is 30.3 Å². The van der Waals surface area contributed by atoms with Crippen LogP contribution in [-0.2, 0) is 16.0 Å². The van der Waals surface area contributed by atoms with Gasteiger partial charge >= 0.3 is 5.97 Å². The van der Waals surface area contributed by atoms with Gasteiger partial charge in [-0.15, -0.1) is 0 Å². The number of phenols is 1. The Kier molecular flexibility index (Phi) is 9.29. The summed E-state index contributed by atoms with van der Waals surface area (Å²) < 4.78 is 5.57. The molecule has 11 nitrogen and oxygen atoms in total. The van der Waals surface area contributed by atoms with E-state index in [1.54, 1.807) is 24.3 Å². The highest BCUT2D eigenvalue weighted by molar-refractivity contribution is 5.97. The number of phenolic OH excluding ortho intramolecular Hbond substituents is 1. The molecule has 3 rings (SSSR count). The van der Waals surface area contributed by atoms with Gasteiger partial charge in [0.05, 0.1) is 18.5 Å². The molecule has 35 heavy (non-hydrogen) atoms.